The third-order valence-corrected chi connectivity index (χ3v) is 12.2. The van der Waals surface area contributed by atoms with Crippen molar-refractivity contribution in [2.75, 3.05) is 26.2 Å². The van der Waals surface area contributed by atoms with Gasteiger partial charge in [-0.05, 0) is 73.8 Å². The van der Waals surface area contributed by atoms with Crippen molar-refractivity contribution in [2.45, 2.75) is 75.4 Å². The number of likely N-dealkylation sites (tertiary alicyclic amines) is 2. The maximum atomic E-state index is 14.0. The van der Waals surface area contributed by atoms with Crippen molar-refractivity contribution in [3.63, 3.8) is 0 Å². The quantitative estimate of drug-likeness (QED) is 0.495. The lowest BCUT2D eigenvalue weighted by Gasteiger charge is -2.40. The molecule has 8 rings (SSSR count). The minimum absolute atomic E-state index is 0.0961. The fraction of sp³-hybridized carbons (Fsp3) is 0.697. The summed E-state index contributed by atoms with van der Waals surface area (Å²) in [6, 6.07) is 11.3. The van der Waals surface area contributed by atoms with Gasteiger partial charge in [0.25, 0.3) is 5.92 Å². The monoisotopic (exact) mass is 565 g/mol. The minimum Gasteiger partial charge on any atom is -0.389 e. The fourth-order valence-corrected chi connectivity index (χ4v) is 10.1. The zero-order chi connectivity index (χ0) is 28.1. The van der Waals surface area contributed by atoms with E-state index in [1.54, 1.807) is 0 Å². The third-order valence-electron chi connectivity index (χ3n) is 12.2. The molecule has 8 atom stereocenters. The Hall–Kier alpha value is -2.32. The number of fused-ring (bicyclic) bond motifs is 6. The number of benzene rings is 1. The smallest absolute Gasteiger partial charge is 0.254 e. The molecule has 2 aromatic rings. The van der Waals surface area contributed by atoms with Crippen LogP contribution in [-0.4, -0.2) is 69.0 Å². The van der Waals surface area contributed by atoms with E-state index in [1.165, 1.54) is 22.2 Å². The van der Waals surface area contributed by atoms with Gasteiger partial charge in [0.05, 0.1) is 23.4 Å². The topological polar surface area (TPSA) is 65.8 Å². The Balaban J connectivity index is 0.917. The van der Waals surface area contributed by atoms with Crippen LogP contribution in [0, 0.1) is 41.4 Å². The van der Waals surface area contributed by atoms with Gasteiger partial charge in [-0.15, -0.1) is 0 Å². The molecule has 8 heteroatoms. The first-order valence-electron chi connectivity index (χ1n) is 16.0. The summed E-state index contributed by atoms with van der Waals surface area (Å²) in [6.45, 7) is 3.58. The van der Waals surface area contributed by atoms with E-state index in [2.05, 4.69) is 46.0 Å². The summed E-state index contributed by atoms with van der Waals surface area (Å²) in [4.78, 5) is 31.4. The molecule has 0 radical (unpaired) electrons. The first kappa shape index (κ1) is 26.3. The van der Waals surface area contributed by atoms with Crippen LogP contribution in [-0.2, 0) is 9.59 Å². The summed E-state index contributed by atoms with van der Waals surface area (Å²) in [6.07, 6.45) is 9.40. The molecule has 4 aliphatic carbocycles. The number of para-hydroxylation sites is 1. The van der Waals surface area contributed by atoms with Crippen LogP contribution >= 0.6 is 0 Å². The first-order valence-corrected chi connectivity index (χ1v) is 16.0. The van der Waals surface area contributed by atoms with E-state index in [0.29, 0.717) is 24.9 Å². The Bertz CT molecular complexity index is 1370. The Morgan fingerprint density at radius 1 is 0.878 bits per heavy atom. The van der Waals surface area contributed by atoms with Gasteiger partial charge in [0.1, 0.15) is 0 Å². The van der Waals surface area contributed by atoms with Gasteiger partial charge in [0.2, 0.25) is 11.8 Å². The number of amides is 2. The zero-order valence-electron chi connectivity index (χ0n) is 23.6. The average Bonchev–Trinajstić information content (AvgIpc) is 3.36. The summed E-state index contributed by atoms with van der Waals surface area (Å²) in [5.41, 5.74) is -0.186. The highest BCUT2D eigenvalue weighted by atomic mass is 19.3. The maximum absolute atomic E-state index is 14.0. The standard InChI is InChI=1S/C33H41F2N3O3/c34-33(35)17-27(33)32(41)16-23-15-25(32)29-28(23)30(39)38(31(29)40)19-22-7-2-1-6-21(22)18-36-12-10-24(11-13-36)37-14-9-20-5-3-4-8-26(20)37/h3-5,8-9,14,21-25,27-29,41H,1-2,6-7,10-13,15-19H2/t21-,22-,23?,25?,27?,28?,29?,32?/m0/s1. The van der Waals surface area contributed by atoms with Gasteiger partial charge >= 0.3 is 0 Å². The highest BCUT2D eigenvalue weighted by molar-refractivity contribution is 6.06. The Kier molecular flexibility index (Phi) is 5.99. The second-order valence-electron chi connectivity index (χ2n) is 14.3. The number of aliphatic hydroxyl groups is 1. The largest absolute Gasteiger partial charge is 0.389 e. The molecule has 6 aliphatic rings. The highest BCUT2D eigenvalue weighted by Gasteiger charge is 2.76. The summed E-state index contributed by atoms with van der Waals surface area (Å²) < 4.78 is 30.4. The number of hydrogen-bond acceptors (Lipinski definition) is 4. The minimum atomic E-state index is -2.83. The van der Waals surface area contributed by atoms with Crippen molar-refractivity contribution in [3.05, 3.63) is 36.5 Å². The van der Waals surface area contributed by atoms with E-state index in [1.807, 2.05) is 0 Å². The number of imide groups is 1. The van der Waals surface area contributed by atoms with Gasteiger partial charge in [-0.25, -0.2) is 8.78 Å². The molecular weight excluding hydrogens is 524 g/mol. The van der Waals surface area contributed by atoms with Gasteiger partial charge in [-0.2, -0.15) is 0 Å². The molecule has 6 unspecified atom stereocenters. The molecule has 3 heterocycles. The predicted octanol–water partition coefficient (Wildman–Crippen LogP) is 5.11. The molecule has 2 aliphatic heterocycles. The summed E-state index contributed by atoms with van der Waals surface area (Å²) in [5.74, 6) is -5.10. The second kappa shape index (κ2) is 9.34. The molecule has 2 saturated heterocycles. The van der Waals surface area contributed by atoms with Crippen molar-refractivity contribution < 1.29 is 23.5 Å². The molecule has 4 saturated carbocycles. The van der Waals surface area contributed by atoms with Crippen molar-refractivity contribution in [2.24, 2.45) is 41.4 Å². The van der Waals surface area contributed by atoms with Crippen molar-refractivity contribution >= 4 is 22.7 Å². The molecule has 1 N–H and O–H groups in total. The Labute approximate surface area is 240 Å². The van der Waals surface area contributed by atoms with E-state index in [9.17, 15) is 23.5 Å². The number of carbonyl (C=O) groups excluding carboxylic acids is 2. The number of carbonyl (C=O) groups is 2. The van der Waals surface area contributed by atoms with E-state index < -0.39 is 35.2 Å². The average molecular weight is 566 g/mol. The second-order valence-corrected chi connectivity index (χ2v) is 14.3. The van der Waals surface area contributed by atoms with Crippen LogP contribution in [0.5, 0.6) is 0 Å². The predicted molar refractivity (Wildman–Crippen MR) is 150 cm³/mol. The van der Waals surface area contributed by atoms with Crippen LogP contribution in [0.15, 0.2) is 36.5 Å². The number of aromatic nitrogens is 1. The van der Waals surface area contributed by atoms with E-state index in [4.69, 9.17) is 0 Å². The van der Waals surface area contributed by atoms with Crippen LogP contribution in [0.4, 0.5) is 8.78 Å². The van der Waals surface area contributed by atoms with Crippen LogP contribution in [0.3, 0.4) is 0 Å². The third kappa shape index (κ3) is 4.06. The number of alkyl halides is 2. The molecular formula is C33H41F2N3O3. The number of hydrogen-bond donors (Lipinski definition) is 1. The van der Waals surface area contributed by atoms with Gasteiger partial charge in [-0.1, -0.05) is 31.0 Å². The molecule has 220 valence electrons. The van der Waals surface area contributed by atoms with Gasteiger partial charge in [-0.3, -0.25) is 14.5 Å². The summed E-state index contributed by atoms with van der Waals surface area (Å²) >= 11 is 0. The van der Waals surface area contributed by atoms with Gasteiger partial charge in [0.15, 0.2) is 0 Å². The molecule has 2 amide bonds. The molecule has 41 heavy (non-hydrogen) atoms. The zero-order valence-corrected chi connectivity index (χ0v) is 23.6. The van der Waals surface area contributed by atoms with Gasteiger partial charge < -0.3 is 14.6 Å². The van der Waals surface area contributed by atoms with Crippen LogP contribution in [0.2, 0.25) is 0 Å². The number of nitrogens with zero attached hydrogens (tertiary/aromatic N) is 3. The van der Waals surface area contributed by atoms with Crippen LogP contribution in [0.1, 0.15) is 63.8 Å². The van der Waals surface area contributed by atoms with Crippen LogP contribution < -0.4 is 0 Å². The summed E-state index contributed by atoms with van der Waals surface area (Å²) in [5, 5.41) is 12.6. The highest BCUT2D eigenvalue weighted by Crippen LogP contribution is 2.68. The maximum Gasteiger partial charge on any atom is 0.254 e. The lowest BCUT2D eigenvalue weighted by atomic mass is 9.70. The summed E-state index contributed by atoms with van der Waals surface area (Å²) in [7, 11) is 0. The van der Waals surface area contributed by atoms with Gasteiger partial charge in [0, 0.05) is 56.3 Å². The number of halogens is 2. The SMILES string of the molecule is O=C1C2C3CC(C2C(=O)N1C[C@@H]1CCCC[C@H]1CN1CCC(n2ccc4ccccc42)CC1)C(O)(C1CC1(F)F)C3. The first-order chi connectivity index (χ1) is 19.7. The van der Waals surface area contributed by atoms with Crippen LogP contribution in [0.25, 0.3) is 10.9 Å². The van der Waals surface area contributed by atoms with Crippen molar-refractivity contribution in [1.29, 1.82) is 0 Å². The van der Waals surface area contributed by atoms with E-state index in [0.717, 1.165) is 51.7 Å². The normalized spacial score (nSPS) is 40.6. The van der Waals surface area contributed by atoms with E-state index in [-0.39, 0.29) is 36.5 Å². The molecule has 0 spiro atoms. The lowest BCUT2D eigenvalue weighted by molar-refractivity contribution is -0.143. The number of rotatable bonds is 6. The molecule has 1 aromatic carbocycles. The van der Waals surface area contributed by atoms with Crippen molar-refractivity contribution in [1.82, 2.24) is 14.4 Å². The fourth-order valence-electron chi connectivity index (χ4n) is 10.1. The van der Waals surface area contributed by atoms with E-state index >= 15 is 0 Å². The number of piperidine rings is 1. The molecule has 2 bridgehead atoms. The molecule has 6 fully saturated rings. The van der Waals surface area contributed by atoms with Crippen molar-refractivity contribution in [3.8, 4) is 0 Å². The Morgan fingerprint density at radius 3 is 2.29 bits per heavy atom. The molecule has 1 aromatic heterocycles. The molecule has 6 nitrogen and oxygen atoms in total. The Morgan fingerprint density at radius 2 is 1.56 bits per heavy atom. The lowest BCUT2D eigenvalue weighted by Crippen LogP contribution is -2.47.